The molecule has 1 aliphatic carbocycles. The fraction of sp³-hybridized carbons (Fsp3) is 0.667. The molecular formula is C18H27BrN2. The summed E-state index contributed by atoms with van der Waals surface area (Å²) in [6, 6.07) is 5.30. The van der Waals surface area contributed by atoms with Crippen LogP contribution in [0.2, 0.25) is 0 Å². The van der Waals surface area contributed by atoms with E-state index in [1.807, 2.05) is 0 Å². The average Bonchev–Trinajstić information content (AvgIpc) is 3.29. The van der Waals surface area contributed by atoms with Crippen LogP contribution in [0.1, 0.15) is 44.2 Å². The van der Waals surface area contributed by atoms with Gasteiger partial charge in [-0.25, -0.2) is 0 Å². The van der Waals surface area contributed by atoms with E-state index < -0.39 is 0 Å². The third-order valence-corrected chi connectivity index (χ3v) is 6.63. The summed E-state index contributed by atoms with van der Waals surface area (Å²) < 4.78 is 1.25. The summed E-state index contributed by atoms with van der Waals surface area (Å²) in [5, 5.41) is 3.85. The van der Waals surface area contributed by atoms with Gasteiger partial charge in [0.25, 0.3) is 0 Å². The molecule has 1 heterocycles. The quantitative estimate of drug-likeness (QED) is 0.867. The van der Waals surface area contributed by atoms with Gasteiger partial charge in [-0.1, -0.05) is 22.9 Å². The third-order valence-electron chi connectivity index (χ3n) is 5.38. The van der Waals surface area contributed by atoms with Crippen molar-refractivity contribution in [3.05, 3.63) is 27.7 Å². The maximum Gasteiger partial charge on any atom is 0.0412 e. The Bertz CT molecular complexity index is 515. The first-order valence-electron chi connectivity index (χ1n) is 8.23. The fourth-order valence-corrected chi connectivity index (χ4v) is 3.98. The van der Waals surface area contributed by atoms with Crippen molar-refractivity contribution in [1.29, 1.82) is 0 Å². The first kappa shape index (κ1) is 15.4. The topological polar surface area (TPSA) is 15.3 Å². The molecule has 1 saturated carbocycles. The highest BCUT2D eigenvalue weighted by molar-refractivity contribution is 9.10. The third kappa shape index (κ3) is 2.87. The van der Waals surface area contributed by atoms with E-state index in [1.54, 1.807) is 0 Å². The van der Waals surface area contributed by atoms with Crippen LogP contribution in [0, 0.1) is 19.8 Å². The molecule has 2 atom stereocenters. The minimum atomic E-state index is 0.292. The van der Waals surface area contributed by atoms with Crippen molar-refractivity contribution >= 4 is 21.6 Å². The molecule has 116 valence electrons. The molecule has 0 aromatic heterocycles. The van der Waals surface area contributed by atoms with Crippen molar-refractivity contribution in [1.82, 2.24) is 5.32 Å². The summed E-state index contributed by atoms with van der Waals surface area (Å²) in [5.41, 5.74) is 4.37. The summed E-state index contributed by atoms with van der Waals surface area (Å²) in [6.45, 7) is 11.4. The van der Waals surface area contributed by atoms with Crippen LogP contribution in [0.4, 0.5) is 5.69 Å². The largest absolute Gasteiger partial charge is 0.365 e. The number of hydrogen-bond donors (Lipinski definition) is 1. The molecule has 2 nitrogen and oxygen atoms in total. The first-order chi connectivity index (χ1) is 9.94. The summed E-state index contributed by atoms with van der Waals surface area (Å²) in [4.78, 5) is 2.65. The van der Waals surface area contributed by atoms with Crippen LogP contribution in [-0.4, -0.2) is 24.7 Å². The van der Waals surface area contributed by atoms with E-state index in [9.17, 15) is 0 Å². The van der Waals surface area contributed by atoms with Crippen molar-refractivity contribution in [2.75, 3.05) is 18.0 Å². The van der Waals surface area contributed by atoms with Gasteiger partial charge in [0.15, 0.2) is 0 Å². The molecule has 1 aromatic rings. The van der Waals surface area contributed by atoms with Crippen LogP contribution in [0.5, 0.6) is 0 Å². The van der Waals surface area contributed by atoms with E-state index in [4.69, 9.17) is 0 Å². The molecule has 0 bridgehead atoms. The molecule has 2 unspecified atom stereocenters. The van der Waals surface area contributed by atoms with Gasteiger partial charge in [0, 0.05) is 34.8 Å². The molecule has 2 aliphatic rings. The highest BCUT2D eigenvalue weighted by atomic mass is 79.9. The van der Waals surface area contributed by atoms with Crippen LogP contribution < -0.4 is 10.2 Å². The van der Waals surface area contributed by atoms with E-state index in [0.717, 1.165) is 19.0 Å². The van der Waals surface area contributed by atoms with Gasteiger partial charge < -0.3 is 10.2 Å². The first-order valence-corrected chi connectivity index (χ1v) is 9.02. The highest BCUT2D eigenvalue weighted by Crippen LogP contribution is 2.42. The van der Waals surface area contributed by atoms with Crippen LogP contribution in [0.3, 0.4) is 0 Å². The number of aryl methyl sites for hydroxylation is 2. The smallest absolute Gasteiger partial charge is 0.0412 e. The number of rotatable bonds is 3. The lowest BCUT2D eigenvalue weighted by Gasteiger charge is -2.48. The number of anilines is 1. The molecule has 0 amide bonds. The zero-order valence-electron chi connectivity index (χ0n) is 13.7. The van der Waals surface area contributed by atoms with Crippen molar-refractivity contribution < 1.29 is 0 Å². The number of halogens is 1. The zero-order chi connectivity index (χ0) is 15.2. The lowest BCUT2D eigenvalue weighted by molar-refractivity contribution is 0.252. The number of piperazine rings is 1. The average molecular weight is 351 g/mol. The standard InChI is InChI=1S/C18H27BrN2/c1-5-15-10-20-18(4,14-6-7-14)11-21(15)16-8-12(2)17(19)13(3)9-16/h8-9,14-15,20H,5-7,10-11H2,1-4H3. The fourth-order valence-electron chi connectivity index (χ4n) is 3.75. The molecule has 2 fully saturated rings. The molecule has 0 radical (unpaired) electrons. The molecule has 1 saturated heterocycles. The van der Waals surface area contributed by atoms with E-state index in [2.05, 4.69) is 66.0 Å². The molecule has 21 heavy (non-hydrogen) atoms. The predicted molar refractivity (Wildman–Crippen MR) is 94.2 cm³/mol. The van der Waals surface area contributed by atoms with Crippen LogP contribution in [0.25, 0.3) is 0 Å². The van der Waals surface area contributed by atoms with Crippen LogP contribution in [0.15, 0.2) is 16.6 Å². The Hall–Kier alpha value is -0.540. The van der Waals surface area contributed by atoms with Crippen LogP contribution in [-0.2, 0) is 0 Å². The predicted octanol–water partition coefficient (Wildman–Crippen LogP) is 4.42. The second kappa shape index (κ2) is 5.58. The van der Waals surface area contributed by atoms with Crippen molar-refractivity contribution in [2.24, 2.45) is 5.92 Å². The van der Waals surface area contributed by atoms with Gasteiger partial charge in [-0.05, 0) is 69.2 Å². The molecule has 1 aromatic carbocycles. The summed E-state index contributed by atoms with van der Waals surface area (Å²) in [5.74, 6) is 0.871. The van der Waals surface area contributed by atoms with E-state index >= 15 is 0 Å². The zero-order valence-corrected chi connectivity index (χ0v) is 15.3. The van der Waals surface area contributed by atoms with Crippen LogP contribution >= 0.6 is 15.9 Å². The van der Waals surface area contributed by atoms with Crippen molar-refractivity contribution in [2.45, 2.75) is 58.5 Å². The second-order valence-corrected chi connectivity index (χ2v) is 7.95. The SMILES string of the molecule is CCC1CNC(C)(C2CC2)CN1c1cc(C)c(Br)c(C)c1. The minimum absolute atomic E-state index is 0.292. The van der Waals surface area contributed by atoms with Gasteiger partial charge in [-0.2, -0.15) is 0 Å². The van der Waals surface area contributed by atoms with Gasteiger partial charge in [0.1, 0.15) is 0 Å². The summed E-state index contributed by atoms with van der Waals surface area (Å²) in [6.07, 6.45) is 3.99. The van der Waals surface area contributed by atoms with Gasteiger partial charge in [-0.15, -0.1) is 0 Å². The normalized spacial score (nSPS) is 29.8. The number of nitrogens with one attached hydrogen (secondary N) is 1. The number of nitrogens with zero attached hydrogens (tertiary/aromatic N) is 1. The van der Waals surface area contributed by atoms with Crippen molar-refractivity contribution in [3.63, 3.8) is 0 Å². The van der Waals surface area contributed by atoms with E-state index in [0.29, 0.717) is 11.6 Å². The lowest BCUT2D eigenvalue weighted by Crippen LogP contribution is -2.64. The molecular weight excluding hydrogens is 324 g/mol. The second-order valence-electron chi connectivity index (χ2n) is 7.16. The highest BCUT2D eigenvalue weighted by Gasteiger charge is 2.45. The molecule has 3 heteroatoms. The van der Waals surface area contributed by atoms with Gasteiger partial charge >= 0.3 is 0 Å². The summed E-state index contributed by atoms with van der Waals surface area (Å²) >= 11 is 3.69. The minimum Gasteiger partial charge on any atom is -0.365 e. The Morgan fingerprint density at radius 2 is 1.90 bits per heavy atom. The molecule has 1 aliphatic heterocycles. The summed E-state index contributed by atoms with van der Waals surface area (Å²) in [7, 11) is 0. The molecule has 0 spiro atoms. The van der Waals surface area contributed by atoms with Gasteiger partial charge in [0.05, 0.1) is 0 Å². The molecule has 1 N–H and O–H groups in total. The number of hydrogen-bond acceptors (Lipinski definition) is 2. The monoisotopic (exact) mass is 350 g/mol. The Morgan fingerprint density at radius 3 is 2.43 bits per heavy atom. The Labute approximate surface area is 137 Å². The van der Waals surface area contributed by atoms with E-state index in [-0.39, 0.29) is 0 Å². The maximum atomic E-state index is 3.85. The van der Waals surface area contributed by atoms with Gasteiger partial charge in [0.2, 0.25) is 0 Å². The number of benzene rings is 1. The Kier molecular flexibility index (Phi) is 4.08. The Morgan fingerprint density at radius 1 is 1.29 bits per heavy atom. The lowest BCUT2D eigenvalue weighted by atomic mass is 9.89. The van der Waals surface area contributed by atoms with Crippen molar-refractivity contribution in [3.8, 4) is 0 Å². The Balaban J connectivity index is 1.92. The van der Waals surface area contributed by atoms with E-state index in [1.165, 1.54) is 40.5 Å². The maximum absolute atomic E-state index is 3.85. The molecule has 3 rings (SSSR count). The van der Waals surface area contributed by atoms with Gasteiger partial charge in [-0.3, -0.25) is 0 Å².